The van der Waals surface area contributed by atoms with E-state index < -0.39 is 0 Å². The number of aliphatic hydroxyl groups excluding tert-OH is 2. The van der Waals surface area contributed by atoms with Gasteiger partial charge in [-0.25, -0.2) is 9.97 Å². The fourth-order valence-electron chi connectivity index (χ4n) is 1.91. The first-order chi connectivity index (χ1) is 8.33. The van der Waals surface area contributed by atoms with Crippen LogP contribution in [0.2, 0.25) is 0 Å². The Labute approximate surface area is 101 Å². The Hall–Kier alpha value is -1.24. The number of rotatable bonds is 4. The molecule has 1 aromatic rings. The number of hydrogen-bond donors (Lipinski definition) is 2. The second-order valence-corrected chi connectivity index (χ2v) is 4.10. The second-order valence-electron chi connectivity index (χ2n) is 4.10. The lowest BCUT2D eigenvalue weighted by molar-refractivity contribution is 0.188. The number of piperazine rings is 1. The van der Waals surface area contributed by atoms with Crippen LogP contribution >= 0.6 is 0 Å². The Morgan fingerprint density at radius 3 is 2.24 bits per heavy atom. The molecule has 0 radical (unpaired) electrons. The van der Waals surface area contributed by atoms with Crippen molar-refractivity contribution in [2.24, 2.45) is 0 Å². The Morgan fingerprint density at radius 2 is 1.71 bits per heavy atom. The molecule has 1 aromatic heterocycles. The van der Waals surface area contributed by atoms with E-state index in [1.807, 2.05) is 0 Å². The van der Waals surface area contributed by atoms with Gasteiger partial charge >= 0.3 is 0 Å². The number of aliphatic hydroxyl groups is 2. The van der Waals surface area contributed by atoms with E-state index in [-0.39, 0.29) is 13.2 Å². The largest absolute Gasteiger partial charge is 0.395 e. The summed E-state index contributed by atoms with van der Waals surface area (Å²) >= 11 is 0. The van der Waals surface area contributed by atoms with Crippen LogP contribution in [0.15, 0.2) is 12.4 Å². The molecule has 0 spiro atoms. The predicted octanol–water partition coefficient (Wildman–Crippen LogP) is -0.917. The number of nitrogens with zero attached hydrogens (tertiary/aromatic N) is 4. The lowest BCUT2D eigenvalue weighted by atomic mass is 10.3. The van der Waals surface area contributed by atoms with Gasteiger partial charge in [0, 0.05) is 50.7 Å². The van der Waals surface area contributed by atoms with Crippen molar-refractivity contribution in [1.82, 2.24) is 14.9 Å². The minimum absolute atomic E-state index is 0.0233. The molecule has 2 N–H and O–H groups in total. The van der Waals surface area contributed by atoms with Gasteiger partial charge in [-0.05, 0) is 0 Å². The van der Waals surface area contributed by atoms with Crippen molar-refractivity contribution in [2.45, 2.75) is 6.61 Å². The quantitative estimate of drug-likeness (QED) is 0.707. The third-order valence-electron chi connectivity index (χ3n) is 2.95. The molecular formula is C11H18N4O2. The smallest absolute Gasteiger partial charge is 0.225 e. The first kappa shape index (κ1) is 12.2. The Morgan fingerprint density at radius 1 is 1.06 bits per heavy atom. The summed E-state index contributed by atoms with van der Waals surface area (Å²) in [6.07, 6.45) is 3.31. The second kappa shape index (κ2) is 5.90. The lowest BCUT2D eigenvalue weighted by Gasteiger charge is -2.34. The van der Waals surface area contributed by atoms with Crippen LogP contribution in [0.3, 0.4) is 0 Å². The zero-order valence-electron chi connectivity index (χ0n) is 9.79. The highest BCUT2D eigenvalue weighted by Gasteiger charge is 2.18. The highest BCUT2D eigenvalue weighted by atomic mass is 16.3. The fraction of sp³-hybridized carbons (Fsp3) is 0.636. The molecule has 0 aromatic carbocycles. The van der Waals surface area contributed by atoms with Gasteiger partial charge in [-0.2, -0.15) is 0 Å². The summed E-state index contributed by atoms with van der Waals surface area (Å²) in [4.78, 5) is 12.8. The topological polar surface area (TPSA) is 72.7 Å². The van der Waals surface area contributed by atoms with Crippen LogP contribution in [0.4, 0.5) is 5.95 Å². The van der Waals surface area contributed by atoms with E-state index in [0.717, 1.165) is 38.3 Å². The van der Waals surface area contributed by atoms with Gasteiger partial charge in [0.15, 0.2) is 0 Å². The Bertz CT molecular complexity index is 336. The van der Waals surface area contributed by atoms with E-state index in [1.54, 1.807) is 12.4 Å². The summed E-state index contributed by atoms with van der Waals surface area (Å²) in [6, 6.07) is 0. The van der Waals surface area contributed by atoms with Gasteiger partial charge in [0.25, 0.3) is 0 Å². The van der Waals surface area contributed by atoms with Crippen LogP contribution in [0, 0.1) is 0 Å². The molecule has 6 heteroatoms. The van der Waals surface area contributed by atoms with Crippen molar-refractivity contribution in [1.29, 1.82) is 0 Å². The van der Waals surface area contributed by atoms with E-state index in [1.165, 1.54) is 0 Å². The third kappa shape index (κ3) is 3.12. The van der Waals surface area contributed by atoms with E-state index >= 15 is 0 Å². The van der Waals surface area contributed by atoms with Gasteiger partial charge in [-0.3, -0.25) is 4.90 Å². The molecule has 0 unspecified atom stereocenters. The van der Waals surface area contributed by atoms with Gasteiger partial charge in [-0.15, -0.1) is 0 Å². The molecule has 1 fully saturated rings. The Balaban J connectivity index is 1.91. The van der Waals surface area contributed by atoms with Crippen molar-refractivity contribution in [3.63, 3.8) is 0 Å². The van der Waals surface area contributed by atoms with Crippen LogP contribution < -0.4 is 4.90 Å². The van der Waals surface area contributed by atoms with Crippen LogP contribution in [0.1, 0.15) is 5.56 Å². The van der Waals surface area contributed by atoms with E-state index in [4.69, 9.17) is 10.2 Å². The van der Waals surface area contributed by atoms with E-state index in [9.17, 15) is 0 Å². The maximum absolute atomic E-state index is 8.91. The fourth-order valence-corrected chi connectivity index (χ4v) is 1.91. The average Bonchev–Trinajstić information content (AvgIpc) is 2.40. The van der Waals surface area contributed by atoms with Crippen molar-refractivity contribution < 1.29 is 10.2 Å². The minimum atomic E-state index is -0.0233. The van der Waals surface area contributed by atoms with Crippen molar-refractivity contribution in [3.05, 3.63) is 18.0 Å². The standard InChI is InChI=1S/C11H18N4O2/c16-6-5-14-1-3-15(4-2-14)11-12-7-10(9-17)8-13-11/h7-8,16-17H,1-6,9H2. The van der Waals surface area contributed by atoms with Crippen LogP contribution in [0.25, 0.3) is 0 Å². The van der Waals surface area contributed by atoms with Crippen LogP contribution in [-0.2, 0) is 6.61 Å². The van der Waals surface area contributed by atoms with Gasteiger partial charge in [0.05, 0.1) is 13.2 Å². The molecule has 0 bridgehead atoms. The molecule has 0 saturated carbocycles. The normalized spacial score (nSPS) is 17.4. The van der Waals surface area contributed by atoms with Crippen LogP contribution in [0.5, 0.6) is 0 Å². The number of anilines is 1. The lowest BCUT2D eigenvalue weighted by Crippen LogP contribution is -2.47. The first-order valence-electron chi connectivity index (χ1n) is 5.83. The van der Waals surface area contributed by atoms with Gasteiger partial charge in [-0.1, -0.05) is 0 Å². The van der Waals surface area contributed by atoms with E-state index in [0.29, 0.717) is 5.95 Å². The monoisotopic (exact) mass is 238 g/mol. The van der Waals surface area contributed by atoms with Gasteiger partial charge in [0.1, 0.15) is 0 Å². The molecule has 1 aliphatic rings. The number of hydrogen-bond acceptors (Lipinski definition) is 6. The molecule has 0 aliphatic carbocycles. The molecule has 17 heavy (non-hydrogen) atoms. The molecular weight excluding hydrogens is 220 g/mol. The summed E-state index contributed by atoms with van der Waals surface area (Å²) in [7, 11) is 0. The van der Waals surface area contributed by atoms with Crippen molar-refractivity contribution in [3.8, 4) is 0 Å². The highest BCUT2D eigenvalue weighted by Crippen LogP contribution is 2.10. The number of aromatic nitrogens is 2. The third-order valence-corrected chi connectivity index (χ3v) is 2.95. The summed E-state index contributed by atoms with van der Waals surface area (Å²) in [5, 5.41) is 17.8. The van der Waals surface area contributed by atoms with Crippen LogP contribution in [-0.4, -0.2) is 64.4 Å². The predicted molar refractivity (Wildman–Crippen MR) is 63.7 cm³/mol. The number of β-amino-alcohol motifs (C(OH)–C–C–N with tert-alkyl or cyclic N) is 1. The van der Waals surface area contributed by atoms with Gasteiger partial charge in [0.2, 0.25) is 5.95 Å². The summed E-state index contributed by atoms with van der Waals surface area (Å²) in [6.45, 7) is 4.51. The summed E-state index contributed by atoms with van der Waals surface area (Å²) in [5.74, 6) is 0.714. The summed E-state index contributed by atoms with van der Waals surface area (Å²) in [5.41, 5.74) is 0.729. The molecule has 2 rings (SSSR count). The molecule has 94 valence electrons. The molecule has 0 atom stereocenters. The van der Waals surface area contributed by atoms with Gasteiger partial charge < -0.3 is 15.1 Å². The molecule has 1 aliphatic heterocycles. The molecule has 1 saturated heterocycles. The molecule has 0 amide bonds. The first-order valence-corrected chi connectivity index (χ1v) is 5.83. The maximum Gasteiger partial charge on any atom is 0.225 e. The van der Waals surface area contributed by atoms with Crippen molar-refractivity contribution >= 4 is 5.95 Å². The van der Waals surface area contributed by atoms with E-state index in [2.05, 4.69) is 19.8 Å². The Kier molecular flexibility index (Phi) is 4.24. The maximum atomic E-state index is 8.91. The summed E-state index contributed by atoms with van der Waals surface area (Å²) < 4.78 is 0. The van der Waals surface area contributed by atoms with Crippen molar-refractivity contribution in [2.75, 3.05) is 44.2 Å². The average molecular weight is 238 g/mol. The molecule has 6 nitrogen and oxygen atoms in total. The SMILES string of the molecule is OCCN1CCN(c2ncc(CO)cn2)CC1. The highest BCUT2D eigenvalue weighted by molar-refractivity contribution is 5.30. The zero-order chi connectivity index (χ0) is 12.1. The molecule has 2 heterocycles. The minimum Gasteiger partial charge on any atom is -0.395 e. The zero-order valence-corrected chi connectivity index (χ0v) is 9.79.